The molecule has 5 rings (SSSR count). The van der Waals surface area contributed by atoms with Crippen LogP contribution in [0.2, 0.25) is 0 Å². The second kappa shape index (κ2) is 9.60. The third-order valence-corrected chi connectivity index (χ3v) is 7.03. The van der Waals surface area contributed by atoms with Gasteiger partial charge in [0.25, 0.3) is 11.5 Å². The summed E-state index contributed by atoms with van der Waals surface area (Å²) >= 11 is 0. The molecule has 9 nitrogen and oxygen atoms in total. The molecule has 2 bridgehead atoms. The van der Waals surface area contributed by atoms with E-state index < -0.39 is 94.2 Å². The fourth-order valence-electron chi connectivity index (χ4n) is 5.48. The predicted octanol–water partition coefficient (Wildman–Crippen LogP) is 3.03. The standard InChI is InChI=1S/C26H14F8N2O7/c27-14-8-12(9-15(28)10-14)11-23(42-21(40)25(29,30)31)17-16(37)6-7-35(23)36-18(17)19(38)24(20(36)39,13-4-2-1-3-5-13)43-22(41)26(32,33)34/h1-10,17-18H,11H2. The highest BCUT2D eigenvalue weighted by molar-refractivity contribution is 6.21. The van der Waals surface area contributed by atoms with Gasteiger partial charge in [0.1, 0.15) is 23.6 Å². The molecule has 2 fully saturated rings. The van der Waals surface area contributed by atoms with Crippen molar-refractivity contribution in [1.29, 1.82) is 0 Å². The molecule has 0 saturated carbocycles. The molecule has 17 heteroatoms. The van der Waals surface area contributed by atoms with Gasteiger partial charge in [0.2, 0.25) is 11.5 Å². The molecule has 0 N–H and O–H groups in total. The van der Waals surface area contributed by atoms with Crippen LogP contribution in [0.3, 0.4) is 0 Å². The molecule has 43 heavy (non-hydrogen) atoms. The number of hydrogen-bond donors (Lipinski definition) is 0. The Kier molecular flexibility index (Phi) is 6.62. The number of esters is 2. The van der Waals surface area contributed by atoms with E-state index in [0.29, 0.717) is 35.5 Å². The van der Waals surface area contributed by atoms with Crippen molar-refractivity contribution in [3.8, 4) is 0 Å². The smallest absolute Gasteiger partial charge is 0.429 e. The van der Waals surface area contributed by atoms with Crippen LogP contribution in [0.25, 0.3) is 0 Å². The Morgan fingerprint density at radius 3 is 1.95 bits per heavy atom. The van der Waals surface area contributed by atoms with Crippen LogP contribution in [0.5, 0.6) is 0 Å². The summed E-state index contributed by atoms with van der Waals surface area (Å²) in [4.78, 5) is 65.3. The molecule has 0 aromatic heterocycles. The number of hydrazine groups is 1. The van der Waals surface area contributed by atoms with E-state index >= 15 is 0 Å². The second-order valence-corrected chi connectivity index (χ2v) is 9.62. The van der Waals surface area contributed by atoms with Crippen LogP contribution in [0.4, 0.5) is 35.1 Å². The number of carbonyl (C=O) groups excluding carboxylic acids is 5. The van der Waals surface area contributed by atoms with E-state index in [1.807, 2.05) is 0 Å². The van der Waals surface area contributed by atoms with Gasteiger partial charge in [0, 0.05) is 24.3 Å². The average molecular weight is 618 g/mol. The predicted molar refractivity (Wildman–Crippen MR) is 120 cm³/mol. The fourth-order valence-corrected chi connectivity index (χ4v) is 5.48. The van der Waals surface area contributed by atoms with E-state index in [9.17, 15) is 59.1 Å². The summed E-state index contributed by atoms with van der Waals surface area (Å²) in [6.45, 7) is 0. The van der Waals surface area contributed by atoms with Crippen molar-refractivity contribution >= 4 is 29.4 Å². The number of halogens is 8. The Hall–Kier alpha value is -4.83. The molecule has 2 saturated heterocycles. The van der Waals surface area contributed by atoms with Crippen molar-refractivity contribution in [2.45, 2.75) is 36.1 Å². The number of hydrogen-bond acceptors (Lipinski definition) is 8. The number of ether oxygens (including phenoxy) is 2. The Labute approximate surface area is 234 Å². The quantitative estimate of drug-likeness (QED) is 0.286. The SMILES string of the molecule is O=C1C=CN2N3C(=O)C(OC(=O)C(F)(F)F)(c4ccccc4)C(=O)C3C1C2(Cc1cc(F)cc(F)c1)OC(=O)C(F)(F)F. The van der Waals surface area contributed by atoms with E-state index in [2.05, 4.69) is 4.74 Å². The molecule has 0 radical (unpaired) electrons. The number of rotatable bonds is 5. The lowest BCUT2D eigenvalue weighted by Gasteiger charge is -2.44. The molecule has 0 spiro atoms. The minimum absolute atomic E-state index is 0.240. The number of ketones is 2. The summed E-state index contributed by atoms with van der Waals surface area (Å²) in [7, 11) is 0. The first-order valence-electron chi connectivity index (χ1n) is 11.9. The monoisotopic (exact) mass is 618 g/mol. The molecule has 1 amide bonds. The molecule has 2 aromatic carbocycles. The zero-order valence-corrected chi connectivity index (χ0v) is 20.9. The van der Waals surface area contributed by atoms with E-state index in [4.69, 9.17) is 4.74 Å². The van der Waals surface area contributed by atoms with Crippen LogP contribution in [-0.2, 0) is 45.5 Å². The summed E-state index contributed by atoms with van der Waals surface area (Å²) in [6, 6.07) is 4.90. The van der Waals surface area contributed by atoms with Gasteiger partial charge in [-0.1, -0.05) is 30.3 Å². The Morgan fingerprint density at radius 2 is 1.40 bits per heavy atom. The molecule has 3 aliphatic rings. The highest BCUT2D eigenvalue weighted by Crippen LogP contribution is 2.54. The van der Waals surface area contributed by atoms with E-state index in [1.54, 1.807) is 0 Å². The van der Waals surface area contributed by atoms with Gasteiger partial charge < -0.3 is 9.47 Å². The van der Waals surface area contributed by atoms with Crippen LogP contribution in [0.15, 0.2) is 60.8 Å². The lowest BCUT2D eigenvalue weighted by molar-refractivity contribution is -0.241. The summed E-state index contributed by atoms with van der Waals surface area (Å²) in [5, 5.41) is 0.618. The van der Waals surface area contributed by atoms with Gasteiger partial charge in [-0.2, -0.15) is 26.3 Å². The fraction of sp³-hybridized carbons (Fsp3) is 0.269. The molecule has 4 atom stereocenters. The summed E-state index contributed by atoms with van der Waals surface area (Å²) in [5.74, 6) is -15.4. The Bertz CT molecular complexity index is 1570. The third-order valence-electron chi connectivity index (χ3n) is 7.03. The summed E-state index contributed by atoms with van der Waals surface area (Å²) in [6.07, 6.45) is -11.3. The lowest BCUT2D eigenvalue weighted by atomic mass is 9.77. The van der Waals surface area contributed by atoms with E-state index in [1.165, 1.54) is 18.2 Å². The maximum absolute atomic E-state index is 14.0. The van der Waals surface area contributed by atoms with Crippen LogP contribution in [-0.4, -0.2) is 63.5 Å². The van der Waals surface area contributed by atoms with Gasteiger partial charge in [-0.05, 0) is 23.8 Å². The first-order valence-corrected chi connectivity index (χ1v) is 11.9. The van der Waals surface area contributed by atoms with Gasteiger partial charge in [-0.3, -0.25) is 14.4 Å². The number of allylic oxidation sites excluding steroid dienone is 1. The number of benzene rings is 2. The van der Waals surface area contributed by atoms with Crippen molar-refractivity contribution in [3.63, 3.8) is 0 Å². The third kappa shape index (κ3) is 4.49. The van der Waals surface area contributed by atoms with Crippen LogP contribution < -0.4 is 0 Å². The Morgan fingerprint density at radius 1 is 0.837 bits per heavy atom. The molecule has 2 aromatic rings. The maximum atomic E-state index is 14.0. The van der Waals surface area contributed by atoms with Gasteiger partial charge in [-0.15, -0.1) is 0 Å². The maximum Gasteiger partial charge on any atom is 0.491 e. The molecule has 3 aliphatic heterocycles. The number of nitrogens with zero attached hydrogens (tertiary/aromatic N) is 2. The number of carbonyl (C=O) groups is 5. The van der Waals surface area contributed by atoms with Crippen LogP contribution >= 0.6 is 0 Å². The van der Waals surface area contributed by atoms with Crippen LogP contribution in [0.1, 0.15) is 11.1 Å². The van der Waals surface area contributed by atoms with Gasteiger partial charge in [-0.25, -0.2) is 28.4 Å². The largest absolute Gasteiger partial charge is 0.491 e. The van der Waals surface area contributed by atoms with E-state index in [-0.39, 0.29) is 5.01 Å². The van der Waals surface area contributed by atoms with Crippen molar-refractivity contribution in [3.05, 3.63) is 83.6 Å². The second-order valence-electron chi connectivity index (χ2n) is 9.62. The lowest BCUT2D eigenvalue weighted by Crippen LogP contribution is -2.61. The average Bonchev–Trinajstić information content (AvgIpc) is 3.19. The number of alkyl halides is 6. The highest BCUT2D eigenvalue weighted by Gasteiger charge is 2.78. The minimum Gasteiger partial charge on any atom is -0.429 e. The molecule has 0 aliphatic carbocycles. The topological polar surface area (TPSA) is 110 Å². The zero-order chi connectivity index (χ0) is 31.7. The first kappa shape index (κ1) is 29.7. The highest BCUT2D eigenvalue weighted by atomic mass is 19.4. The summed E-state index contributed by atoms with van der Waals surface area (Å²) in [5.41, 5.74) is -7.47. The van der Waals surface area contributed by atoms with Gasteiger partial charge in [0.15, 0.2) is 5.78 Å². The van der Waals surface area contributed by atoms with Crippen molar-refractivity contribution in [2.75, 3.05) is 0 Å². The number of fused-ring (bicyclic) bond motifs is 5. The van der Waals surface area contributed by atoms with Crippen molar-refractivity contribution in [2.24, 2.45) is 5.92 Å². The first-order chi connectivity index (χ1) is 19.9. The minimum atomic E-state index is -5.73. The van der Waals surface area contributed by atoms with Crippen molar-refractivity contribution < 1.29 is 68.6 Å². The molecule has 3 heterocycles. The van der Waals surface area contributed by atoms with Gasteiger partial charge in [0.05, 0.1) is 0 Å². The van der Waals surface area contributed by atoms with Gasteiger partial charge >= 0.3 is 24.3 Å². The number of amides is 1. The Balaban J connectivity index is 1.71. The molecular weight excluding hydrogens is 604 g/mol. The molecule has 226 valence electrons. The zero-order valence-electron chi connectivity index (χ0n) is 20.9. The van der Waals surface area contributed by atoms with E-state index in [0.717, 1.165) is 12.1 Å². The molecular formula is C26H14F8N2O7. The summed E-state index contributed by atoms with van der Waals surface area (Å²) < 4.78 is 117. The van der Waals surface area contributed by atoms with Crippen LogP contribution in [0, 0.1) is 17.6 Å². The number of Topliss-reactive ketones (excluding diaryl/α,β-unsaturated/α-hetero) is 1. The molecule has 4 unspecified atom stereocenters. The normalized spacial score (nSPS) is 26.6. The van der Waals surface area contributed by atoms with Crippen molar-refractivity contribution in [1.82, 2.24) is 10.0 Å².